The van der Waals surface area contributed by atoms with E-state index in [0.717, 1.165) is 24.2 Å². The zero-order valence-corrected chi connectivity index (χ0v) is 14.4. The molecular formula is C20H25N2O2+. The van der Waals surface area contributed by atoms with Crippen LogP contribution in [0.15, 0.2) is 48.8 Å². The van der Waals surface area contributed by atoms with Crippen LogP contribution >= 0.6 is 0 Å². The highest BCUT2D eigenvalue weighted by molar-refractivity contribution is 5.70. The maximum absolute atomic E-state index is 10.6. The molecule has 0 atom stereocenters. The second-order valence-electron chi connectivity index (χ2n) is 5.61. The molecule has 0 fully saturated rings. The first-order valence-electron chi connectivity index (χ1n) is 8.36. The summed E-state index contributed by atoms with van der Waals surface area (Å²) in [5, 5.41) is 8.70. The SMILES string of the molecule is CCN(CC)c1ccc(/C=C\c2cc[n+](CCC(=O)O)cc2)cc1. The van der Waals surface area contributed by atoms with Gasteiger partial charge in [-0.05, 0) is 37.1 Å². The van der Waals surface area contributed by atoms with Gasteiger partial charge in [-0.25, -0.2) is 4.57 Å². The third-order valence-corrected chi connectivity index (χ3v) is 3.99. The monoisotopic (exact) mass is 325 g/mol. The molecule has 0 saturated carbocycles. The Kier molecular flexibility index (Phi) is 6.55. The number of aliphatic carboxylic acids is 1. The van der Waals surface area contributed by atoms with Gasteiger partial charge in [-0.1, -0.05) is 24.3 Å². The van der Waals surface area contributed by atoms with Crippen LogP contribution in [0.5, 0.6) is 0 Å². The third kappa shape index (κ3) is 5.23. The van der Waals surface area contributed by atoms with Crippen molar-refractivity contribution in [1.29, 1.82) is 0 Å². The van der Waals surface area contributed by atoms with Crippen LogP contribution in [0.4, 0.5) is 5.69 Å². The Bertz CT molecular complexity index is 672. The van der Waals surface area contributed by atoms with Crippen molar-refractivity contribution in [2.45, 2.75) is 26.8 Å². The van der Waals surface area contributed by atoms with E-state index in [4.69, 9.17) is 5.11 Å². The van der Waals surface area contributed by atoms with E-state index in [-0.39, 0.29) is 6.42 Å². The summed E-state index contributed by atoms with van der Waals surface area (Å²) in [6.07, 6.45) is 8.10. The first-order valence-corrected chi connectivity index (χ1v) is 8.36. The van der Waals surface area contributed by atoms with E-state index in [2.05, 4.69) is 55.2 Å². The molecule has 2 rings (SSSR count). The molecule has 0 spiro atoms. The van der Waals surface area contributed by atoms with Gasteiger partial charge in [0.1, 0.15) is 6.42 Å². The molecule has 0 aliphatic carbocycles. The number of hydrogen-bond donors (Lipinski definition) is 1. The minimum absolute atomic E-state index is 0.138. The molecule has 0 bridgehead atoms. The van der Waals surface area contributed by atoms with Gasteiger partial charge in [0.15, 0.2) is 18.9 Å². The van der Waals surface area contributed by atoms with Gasteiger partial charge >= 0.3 is 5.97 Å². The summed E-state index contributed by atoms with van der Waals surface area (Å²) in [6, 6.07) is 12.5. The fourth-order valence-corrected chi connectivity index (χ4v) is 2.53. The van der Waals surface area contributed by atoms with Gasteiger partial charge in [-0.15, -0.1) is 0 Å². The van der Waals surface area contributed by atoms with Gasteiger partial charge in [-0.2, -0.15) is 0 Å². The summed E-state index contributed by atoms with van der Waals surface area (Å²) in [5.74, 6) is -0.778. The number of aryl methyl sites for hydroxylation is 1. The second kappa shape index (κ2) is 8.87. The lowest BCUT2D eigenvalue weighted by Crippen LogP contribution is -2.33. The first kappa shape index (κ1) is 17.7. The maximum atomic E-state index is 10.6. The molecule has 4 nitrogen and oxygen atoms in total. The average molecular weight is 325 g/mol. The van der Waals surface area contributed by atoms with Crippen LogP contribution < -0.4 is 9.47 Å². The van der Waals surface area contributed by atoms with Crippen molar-refractivity contribution in [3.63, 3.8) is 0 Å². The fraction of sp³-hybridized carbons (Fsp3) is 0.300. The van der Waals surface area contributed by atoms with Crippen LogP contribution in [0, 0.1) is 0 Å². The third-order valence-electron chi connectivity index (χ3n) is 3.99. The van der Waals surface area contributed by atoms with Crippen LogP contribution in [0.1, 0.15) is 31.4 Å². The number of anilines is 1. The number of carboxylic acid groups (broad SMARTS) is 1. The molecule has 1 aromatic heterocycles. The zero-order valence-electron chi connectivity index (χ0n) is 14.4. The quantitative estimate of drug-likeness (QED) is 0.756. The summed E-state index contributed by atoms with van der Waals surface area (Å²) in [7, 11) is 0. The lowest BCUT2D eigenvalue weighted by Gasteiger charge is -2.20. The Morgan fingerprint density at radius 2 is 1.54 bits per heavy atom. The number of rotatable bonds is 8. The number of carbonyl (C=O) groups is 1. The van der Waals surface area contributed by atoms with Gasteiger partial charge in [-0.3, -0.25) is 4.79 Å². The van der Waals surface area contributed by atoms with Crippen LogP contribution in [-0.2, 0) is 11.3 Å². The van der Waals surface area contributed by atoms with Crippen molar-refractivity contribution in [3.8, 4) is 0 Å². The molecule has 126 valence electrons. The van der Waals surface area contributed by atoms with Gasteiger partial charge in [0.05, 0.1) is 0 Å². The predicted octanol–water partition coefficient (Wildman–Crippen LogP) is 3.47. The molecule has 4 heteroatoms. The summed E-state index contributed by atoms with van der Waals surface area (Å²) in [5.41, 5.74) is 3.50. The molecule has 0 unspecified atom stereocenters. The predicted molar refractivity (Wildman–Crippen MR) is 97.8 cm³/mol. The Morgan fingerprint density at radius 3 is 2.04 bits per heavy atom. The normalized spacial score (nSPS) is 10.9. The van der Waals surface area contributed by atoms with Crippen molar-refractivity contribution < 1.29 is 14.5 Å². The Balaban J connectivity index is 1.98. The van der Waals surface area contributed by atoms with E-state index < -0.39 is 5.97 Å². The molecule has 1 N–H and O–H groups in total. The summed E-state index contributed by atoms with van der Waals surface area (Å²) < 4.78 is 1.88. The first-order chi connectivity index (χ1) is 11.6. The second-order valence-corrected chi connectivity index (χ2v) is 5.61. The topological polar surface area (TPSA) is 44.4 Å². The molecule has 0 amide bonds. The van der Waals surface area contributed by atoms with Crippen molar-refractivity contribution in [2.75, 3.05) is 18.0 Å². The fourth-order valence-electron chi connectivity index (χ4n) is 2.53. The molecular weight excluding hydrogens is 300 g/mol. The molecule has 1 aromatic carbocycles. The number of benzene rings is 1. The Hall–Kier alpha value is -2.62. The summed E-state index contributed by atoms with van der Waals surface area (Å²) >= 11 is 0. The van der Waals surface area contributed by atoms with E-state index in [1.807, 2.05) is 29.1 Å². The lowest BCUT2D eigenvalue weighted by molar-refractivity contribution is -0.696. The zero-order chi connectivity index (χ0) is 17.4. The number of aromatic nitrogens is 1. The molecule has 0 saturated heterocycles. The van der Waals surface area contributed by atoms with E-state index >= 15 is 0 Å². The molecule has 1 heterocycles. The van der Waals surface area contributed by atoms with Gasteiger partial charge in [0, 0.05) is 30.9 Å². The standard InChI is InChI=1S/C20H24N2O2/c1-3-22(4-2)19-9-7-17(8-10-19)5-6-18-11-14-21(15-12-18)16-13-20(23)24/h5-12,14-15H,3-4,13,16H2,1-2H3/p+1. The summed E-state index contributed by atoms with van der Waals surface area (Å²) in [4.78, 5) is 12.9. The Labute approximate surface area is 143 Å². The van der Waals surface area contributed by atoms with Crippen molar-refractivity contribution in [3.05, 3.63) is 59.9 Å². The highest BCUT2D eigenvalue weighted by Crippen LogP contribution is 2.16. The highest BCUT2D eigenvalue weighted by atomic mass is 16.4. The van der Waals surface area contributed by atoms with Crippen molar-refractivity contribution in [2.24, 2.45) is 0 Å². The maximum Gasteiger partial charge on any atom is 0.309 e. The van der Waals surface area contributed by atoms with Gasteiger partial charge in [0.25, 0.3) is 0 Å². The molecule has 2 aromatic rings. The summed E-state index contributed by atoms with van der Waals surface area (Å²) in [6.45, 7) is 6.84. The molecule has 0 aliphatic heterocycles. The average Bonchev–Trinajstić information content (AvgIpc) is 2.61. The van der Waals surface area contributed by atoms with Crippen molar-refractivity contribution >= 4 is 23.8 Å². The van der Waals surface area contributed by atoms with Crippen LogP contribution in [0.25, 0.3) is 12.2 Å². The van der Waals surface area contributed by atoms with Crippen LogP contribution in [0.2, 0.25) is 0 Å². The van der Waals surface area contributed by atoms with Gasteiger partial charge in [0.2, 0.25) is 0 Å². The van der Waals surface area contributed by atoms with E-state index in [9.17, 15) is 4.79 Å². The number of hydrogen-bond acceptors (Lipinski definition) is 2. The van der Waals surface area contributed by atoms with E-state index in [0.29, 0.717) is 6.54 Å². The Morgan fingerprint density at radius 1 is 1.00 bits per heavy atom. The number of pyridine rings is 1. The number of carboxylic acids is 1. The van der Waals surface area contributed by atoms with Gasteiger partial charge < -0.3 is 10.0 Å². The van der Waals surface area contributed by atoms with Crippen LogP contribution in [0.3, 0.4) is 0 Å². The minimum atomic E-state index is -0.778. The molecule has 0 radical (unpaired) electrons. The van der Waals surface area contributed by atoms with Crippen LogP contribution in [-0.4, -0.2) is 24.2 Å². The highest BCUT2D eigenvalue weighted by Gasteiger charge is 2.04. The number of nitrogens with zero attached hydrogens (tertiary/aromatic N) is 2. The minimum Gasteiger partial charge on any atom is -0.481 e. The van der Waals surface area contributed by atoms with E-state index in [1.165, 1.54) is 5.69 Å². The van der Waals surface area contributed by atoms with E-state index in [1.54, 1.807) is 0 Å². The lowest BCUT2D eigenvalue weighted by atomic mass is 10.1. The van der Waals surface area contributed by atoms with Crippen molar-refractivity contribution in [1.82, 2.24) is 0 Å². The largest absolute Gasteiger partial charge is 0.481 e. The molecule has 0 aliphatic rings. The molecule has 24 heavy (non-hydrogen) atoms. The smallest absolute Gasteiger partial charge is 0.309 e.